The Morgan fingerprint density at radius 1 is 0.905 bits per heavy atom. The molecule has 4 aliphatic rings. The van der Waals surface area contributed by atoms with E-state index in [-0.39, 0.29) is 35.6 Å². The lowest BCUT2D eigenvalue weighted by Gasteiger charge is -2.38. The summed E-state index contributed by atoms with van der Waals surface area (Å²) < 4.78 is 40.6. The zero-order chi connectivity index (χ0) is 44.8. The van der Waals surface area contributed by atoms with Crippen LogP contribution in [0.25, 0.3) is 10.2 Å². The first-order valence-electron chi connectivity index (χ1n) is 21.8. The maximum absolute atomic E-state index is 13.5. The fourth-order valence-corrected chi connectivity index (χ4v) is 10.9. The summed E-state index contributed by atoms with van der Waals surface area (Å²) in [5, 5.41) is 20.3. The fraction of sp³-hybridized carbons (Fsp3) is 0.500. The summed E-state index contributed by atoms with van der Waals surface area (Å²) >= 11 is 1.54. The normalized spacial score (nSPS) is 23.3. The van der Waals surface area contributed by atoms with Crippen LogP contribution in [-0.4, -0.2) is 86.6 Å². The number of fused-ring (bicyclic) bond motifs is 2. The van der Waals surface area contributed by atoms with Crippen molar-refractivity contribution in [3.05, 3.63) is 81.6 Å². The predicted octanol–water partition coefficient (Wildman–Crippen LogP) is 7.86. The lowest BCUT2D eigenvalue weighted by molar-refractivity contribution is -0.141. The molecule has 8 rings (SSSR count). The van der Waals surface area contributed by atoms with E-state index in [1.54, 1.807) is 55.5 Å². The van der Waals surface area contributed by atoms with Crippen LogP contribution in [0.4, 0.5) is 24.5 Å². The quantitative estimate of drug-likeness (QED) is 0.103. The van der Waals surface area contributed by atoms with Gasteiger partial charge >= 0.3 is 6.18 Å². The number of halogens is 3. The molecular formula is C46H52F3N7O6S. The van der Waals surface area contributed by atoms with Crippen LogP contribution in [0, 0.1) is 11.8 Å². The number of thiazole rings is 1. The number of hydrogen-bond donors (Lipinski definition) is 4. The third-order valence-corrected chi connectivity index (χ3v) is 14.4. The molecule has 334 valence electrons. The standard InChI is InChI=1S/C46H52F3N7O6S/c1-45(2,62)30-22-34-36(23-33(30)52-40(58)32-8-5-9-37(51-32)46(47,48)49)63-42(53-34)27-14-10-26(11-15-27)24-55(3)28-16-12-25(13-17-28)20-21-50-31-7-4-6-29-39(31)44(61)56(43(29)60)35-18-19-38(57)54-41(35)59/h4-9,22-23,25-28,35,50,62H,10-21,24H2,1-3H3,(H,52,58)(H,54,57,59)/t25-,26-,27-,28-,35?. The molecule has 2 aliphatic heterocycles. The predicted molar refractivity (Wildman–Crippen MR) is 231 cm³/mol. The maximum Gasteiger partial charge on any atom is 0.433 e. The lowest BCUT2D eigenvalue weighted by atomic mass is 9.80. The Balaban J connectivity index is 0.805. The van der Waals surface area contributed by atoms with Crippen LogP contribution >= 0.6 is 11.3 Å². The molecule has 2 aromatic carbocycles. The smallest absolute Gasteiger partial charge is 0.386 e. The average Bonchev–Trinajstić information content (AvgIpc) is 3.78. The Labute approximate surface area is 367 Å². The second kappa shape index (κ2) is 17.7. The molecular weight excluding hydrogens is 836 g/mol. The molecule has 5 amide bonds. The number of carbonyl (C=O) groups excluding carboxylic acids is 5. The Kier molecular flexibility index (Phi) is 12.5. The first-order valence-corrected chi connectivity index (χ1v) is 22.6. The topological polar surface area (TPSA) is 174 Å². The summed E-state index contributed by atoms with van der Waals surface area (Å²) in [6, 6.07) is 11.3. The molecule has 0 spiro atoms. The number of piperidine rings is 1. The molecule has 0 bridgehead atoms. The molecule has 4 aromatic rings. The van der Waals surface area contributed by atoms with Gasteiger partial charge in [-0.3, -0.25) is 34.2 Å². The average molecular weight is 888 g/mol. The molecule has 63 heavy (non-hydrogen) atoms. The van der Waals surface area contributed by atoms with Gasteiger partial charge in [-0.25, -0.2) is 9.97 Å². The molecule has 17 heteroatoms. The minimum absolute atomic E-state index is 0.0734. The number of amides is 5. The third kappa shape index (κ3) is 9.51. The Morgan fingerprint density at radius 2 is 1.62 bits per heavy atom. The van der Waals surface area contributed by atoms with Gasteiger partial charge in [0.25, 0.3) is 17.7 Å². The number of nitrogens with one attached hydrogen (secondary N) is 3. The van der Waals surface area contributed by atoms with Crippen LogP contribution in [0.3, 0.4) is 0 Å². The molecule has 0 radical (unpaired) electrons. The van der Waals surface area contributed by atoms with Crippen molar-refractivity contribution >= 4 is 62.5 Å². The van der Waals surface area contributed by atoms with E-state index >= 15 is 0 Å². The Bertz CT molecular complexity index is 2430. The van der Waals surface area contributed by atoms with Crippen LogP contribution < -0.4 is 16.0 Å². The number of aromatic nitrogens is 2. The van der Waals surface area contributed by atoms with E-state index in [1.165, 1.54) is 6.07 Å². The number of nitrogens with zero attached hydrogens (tertiary/aromatic N) is 4. The van der Waals surface area contributed by atoms with Crippen molar-refractivity contribution in [3.63, 3.8) is 0 Å². The highest BCUT2D eigenvalue weighted by molar-refractivity contribution is 7.18. The van der Waals surface area contributed by atoms with Gasteiger partial charge in [-0.2, -0.15) is 13.2 Å². The molecule has 4 N–H and O–H groups in total. The minimum atomic E-state index is -4.69. The Morgan fingerprint density at radius 3 is 2.32 bits per heavy atom. The van der Waals surface area contributed by atoms with Gasteiger partial charge in [0.05, 0.1) is 32.0 Å². The van der Waals surface area contributed by atoms with Gasteiger partial charge in [0.1, 0.15) is 17.4 Å². The summed E-state index contributed by atoms with van der Waals surface area (Å²) in [6.45, 7) is 4.85. The lowest BCUT2D eigenvalue weighted by Crippen LogP contribution is -2.54. The van der Waals surface area contributed by atoms with E-state index in [0.717, 1.165) is 91.1 Å². The summed E-state index contributed by atoms with van der Waals surface area (Å²) in [4.78, 5) is 75.9. The van der Waals surface area contributed by atoms with E-state index < -0.39 is 53.0 Å². The van der Waals surface area contributed by atoms with Crippen LogP contribution in [-0.2, 0) is 21.4 Å². The number of alkyl halides is 3. The summed E-state index contributed by atoms with van der Waals surface area (Å²) in [7, 11) is 2.23. The van der Waals surface area contributed by atoms with Gasteiger partial charge in [-0.05, 0) is 133 Å². The number of benzene rings is 2. The van der Waals surface area contributed by atoms with Crippen molar-refractivity contribution in [2.45, 2.75) is 114 Å². The SMILES string of the molecule is CN(C[C@H]1CC[C@H](c2nc3cc(C(C)(C)O)c(NC(=O)c4cccc(C(F)(F)F)n4)cc3s2)CC1)[C@H]1CC[C@H](CCNc2cccc3c2C(=O)N(C2CCC(=O)NC2=O)C3=O)CC1. The van der Waals surface area contributed by atoms with Gasteiger partial charge in [0, 0.05) is 48.4 Å². The van der Waals surface area contributed by atoms with Crippen LogP contribution in [0.15, 0.2) is 48.5 Å². The monoisotopic (exact) mass is 887 g/mol. The van der Waals surface area contributed by atoms with Crippen LogP contribution in [0.5, 0.6) is 0 Å². The number of imide groups is 2. The molecule has 1 saturated heterocycles. The second-order valence-corrected chi connectivity index (χ2v) is 19.1. The molecule has 4 heterocycles. The zero-order valence-electron chi connectivity index (χ0n) is 35.5. The summed E-state index contributed by atoms with van der Waals surface area (Å²) in [5.41, 5.74) is -0.391. The van der Waals surface area contributed by atoms with Gasteiger partial charge < -0.3 is 20.6 Å². The number of carbonyl (C=O) groups is 5. The van der Waals surface area contributed by atoms with E-state index in [2.05, 4.69) is 32.9 Å². The molecule has 1 unspecified atom stereocenters. The molecule has 3 fully saturated rings. The minimum Gasteiger partial charge on any atom is -0.386 e. The van der Waals surface area contributed by atoms with Crippen molar-refractivity contribution in [1.29, 1.82) is 0 Å². The number of rotatable bonds is 12. The number of pyridine rings is 1. The van der Waals surface area contributed by atoms with Crippen molar-refractivity contribution in [3.8, 4) is 0 Å². The van der Waals surface area contributed by atoms with Crippen molar-refractivity contribution in [2.24, 2.45) is 11.8 Å². The number of hydrogen-bond acceptors (Lipinski definition) is 11. The third-order valence-electron chi connectivity index (χ3n) is 13.2. The van der Waals surface area contributed by atoms with Gasteiger partial charge in [0.2, 0.25) is 11.8 Å². The Hall–Kier alpha value is -5.26. The van der Waals surface area contributed by atoms with E-state index in [1.807, 2.05) is 0 Å². The second-order valence-electron chi connectivity index (χ2n) is 18.1. The first kappa shape index (κ1) is 44.4. The zero-order valence-corrected chi connectivity index (χ0v) is 36.3. The molecule has 13 nitrogen and oxygen atoms in total. The van der Waals surface area contributed by atoms with Crippen molar-refractivity contribution in [1.82, 2.24) is 25.1 Å². The van der Waals surface area contributed by atoms with Crippen molar-refractivity contribution < 1.29 is 42.3 Å². The highest BCUT2D eigenvalue weighted by Crippen LogP contribution is 2.42. The van der Waals surface area contributed by atoms with Crippen LogP contribution in [0.2, 0.25) is 0 Å². The summed E-state index contributed by atoms with van der Waals surface area (Å²) in [6.07, 6.45) is 5.03. The van der Waals surface area contributed by atoms with E-state index in [9.17, 15) is 42.3 Å². The first-order chi connectivity index (χ1) is 29.9. The van der Waals surface area contributed by atoms with Gasteiger partial charge in [-0.1, -0.05) is 12.1 Å². The maximum atomic E-state index is 13.5. The van der Waals surface area contributed by atoms with Gasteiger partial charge in [-0.15, -0.1) is 11.3 Å². The molecule has 2 aromatic heterocycles. The van der Waals surface area contributed by atoms with Gasteiger partial charge in [0.15, 0.2) is 0 Å². The molecule has 2 saturated carbocycles. The van der Waals surface area contributed by atoms with Crippen LogP contribution in [0.1, 0.15) is 138 Å². The molecule has 1 atom stereocenters. The number of aliphatic hydroxyl groups is 1. The van der Waals surface area contributed by atoms with Crippen molar-refractivity contribution in [2.75, 3.05) is 30.8 Å². The number of anilines is 2. The highest BCUT2D eigenvalue weighted by Gasteiger charge is 2.45. The molecule has 2 aliphatic carbocycles. The fourth-order valence-electron chi connectivity index (χ4n) is 9.78. The van der Waals surface area contributed by atoms with E-state index in [4.69, 9.17) is 4.98 Å². The largest absolute Gasteiger partial charge is 0.433 e. The highest BCUT2D eigenvalue weighted by atomic mass is 32.1. The van der Waals surface area contributed by atoms with E-state index in [0.29, 0.717) is 46.9 Å². The summed E-state index contributed by atoms with van der Waals surface area (Å²) in [5.74, 6) is -1.47.